The second kappa shape index (κ2) is 9.99. The van der Waals surface area contributed by atoms with E-state index in [2.05, 4.69) is 57.0 Å². The first-order valence-electron chi connectivity index (χ1n) is 8.30. The van der Waals surface area contributed by atoms with E-state index in [1.807, 2.05) is 0 Å². The highest BCUT2D eigenvalue weighted by Crippen LogP contribution is 2.15. The molecule has 1 heteroatoms. The second-order valence-corrected chi connectivity index (χ2v) is 6.40. The molecule has 113 valence electrons. The van der Waals surface area contributed by atoms with E-state index >= 15 is 0 Å². The summed E-state index contributed by atoms with van der Waals surface area (Å²) >= 11 is 0. The first kappa shape index (κ1) is 17.2. The Morgan fingerprint density at radius 3 is 2.70 bits per heavy atom. The van der Waals surface area contributed by atoms with Crippen molar-refractivity contribution in [3.8, 4) is 0 Å². The monoisotopic (exact) mass is 274 g/mol. The summed E-state index contributed by atoms with van der Waals surface area (Å²) in [4.78, 5) is 2.46. The van der Waals surface area contributed by atoms with E-state index in [0.717, 1.165) is 18.9 Å². The lowest BCUT2D eigenvalue weighted by Crippen LogP contribution is -2.20. The van der Waals surface area contributed by atoms with Crippen molar-refractivity contribution in [1.29, 1.82) is 0 Å². The molecule has 1 aromatic carbocycles. The Balaban J connectivity index is 2.45. The number of hydrogen-bond acceptors (Lipinski definition) is 1. The summed E-state index contributed by atoms with van der Waals surface area (Å²) < 4.78 is 0. The predicted molar refractivity (Wildman–Crippen MR) is 88.9 cm³/mol. The fourth-order valence-electron chi connectivity index (χ4n) is 2.50. The van der Waals surface area contributed by atoms with Gasteiger partial charge in [-0.15, -0.1) is 0 Å². The molecule has 20 heavy (non-hydrogen) atoms. The number of unbranched alkanes of at least 4 members (excludes halogenated alkanes) is 3. The zero-order valence-electron chi connectivity index (χ0n) is 13.9. The van der Waals surface area contributed by atoms with Crippen LogP contribution in [0, 0.1) is 12.0 Å². The quantitative estimate of drug-likeness (QED) is 0.537. The summed E-state index contributed by atoms with van der Waals surface area (Å²) in [7, 11) is 2.24. The van der Waals surface area contributed by atoms with Gasteiger partial charge in [-0.05, 0) is 56.0 Å². The van der Waals surface area contributed by atoms with Crippen molar-refractivity contribution in [3.63, 3.8) is 0 Å². The third kappa shape index (κ3) is 7.09. The maximum atomic E-state index is 3.45. The smallest absolute Gasteiger partial charge is 0.0233 e. The minimum absolute atomic E-state index is 0.767. The molecule has 1 nitrogen and oxygen atoms in total. The first-order chi connectivity index (χ1) is 9.63. The van der Waals surface area contributed by atoms with Gasteiger partial charge in [0.2, 0.25) is 0 Å². The average Bonchev–Trinajstić information content (AvgIpc) is 2.42. The van der Waals surface area contributed by atoms with Gasteiger partial charge in [-0.3, -0.25) is 0 Å². The normalized spacial score (nSPS) is 11.5. The largest absolute Gasteiger partial charge is 0.302 e. The van der Waals surface area contributed by atoms with Gasteiger partial charge >= 0.3 is 0 Å². The van der Waals surface area contributed by atoms with Gasteiger partial charge in [0.25, 0.3) is 0 Å². The summed E-state index contributed by atoms with van der Waals surface area (Å²) in [6.45, 7) is 9.13. The molecule has 0 aromatic heterocycles. The number of aryl methyl sites for hydroxylation is 1. The molecule has 0 fully saturated rings. The van der Waals surface area contributed by atoms with Crippen LogP contribution in [-0.2, 0) is 13.0 Å². The molecule has 0 atom stereocenters. The molecule has 0 aliphatic carbocycles. The molecule has 1 aromatic rings. The zero-order chi connectivity index (χ0) is 14.8. The summed E-state index contributed by atoms with van der Waals surface area (Å²) in [5, 5.41) is 0. The predicted octanol–water partition coefficient (Wildman–Crippen LogP) is 5.09. The van der Waals surface area contributed by atoms with Crippen molar-refractivity contribution >= 4 is 0 Å². The molecule has 1 radical (unpaired) electrons. The van der Waals surface area contributed by atoms with Gasteiger partial charge < -0.3 is 4.90 Å². The molecule has 0 unspecified atom stereocenters. The lowest BCUT2D eigenvalue weighted by Gasteiger charge is -2.19. The van der Waals surface area contributed by atoms with Crippen LogP contribution in [0.2, 0.25) is 0 Å². The van der Waals surface area contributed by atoms with Gasteiger partial charge in [-0.1, -0.05) is 58.2 Å². The maximum absolute atomic E-state index is 3.45. The fourth-order valence-corrected chi connectivity index (χ4v) is 2.50. The van der Waals surface area contributed by atoms with Crippen LogP contribution in [0.5, 0.6) is 0 Å². The maximum Gasteiger partial charge on any atom is 0.0233 e. The average molecular weight is 274 g/mol. The van der Waals surface area contributed by atoms with Gasteiger partial charge in [-0.2, -0.15) is 0 Å². The highest BCUT2D eigenvalue weighted by molar-refractivity contribution is 5.26. The summed E-state index contributed by atoms with van der Waals surface area (Å²) in [6, 6.07) is 9.90. The van der Waals surface area contributed by atoms with E-state index in [1.54, 1.807) is 0 Å². The highest BCUT2D eigenvalue weighted by atomic mass is 15.1. The molecule has 0 aliphatic heterocycles. The Morgan fingerprint density at radius 2 is 2.00 bits per heavy atom. The Morgan fingerprint density at radius 1 is 1.20 bits per heavy atom. The van der Waals surface area contributed by atoms with Crippen LogP contribution in [0.1, 0.15) is 64.0 Å². The molecule has 0 amide bonds. The van der Waals surface area contributed by atoms with Crippen LogP contribution in [0.4, 0.5) is 0 Å². The second-order valence-electron chi connectivity index (χ2n) is 6.40. The molecule has 0 aliphatic rings. The van der Waals surface area contributed by atoms with Crippen molar-refractivity contribution in [2.75, 3.05) is 13.6 Å². The van der Waals surface area contributed by atoms with Gasteiger partial charge in [0, 0.05) is 6.54 Å². The van der Waals surface area contributed by atoms with Crippen LogP contribution in [0.3, 0.4) is 0 Å². The first-order valence-corrected chi connectivity index (χ1v) is 8.30. The third-order valence-corrected chi connectivity index (χ3v) is 3.84. The topological polar surface area (TPSA) is 3.24 Å². The third-order valence-electron chi connectivity index (χ3n) is 3.84. The Kier molecular flexibility index (Phi) is 8.60. The molecule has 1 rings (SSSR count). The highest BCUT2D eigenvalue weighted by Gasteiger charge is 2.06. The number of nitrogens with zero attached hydrogens (tertiary/aromatic N) is 1. The van der Waals surface area contributed by atoms with E-state index in [-0.39, 0.29) is 0 Å². The van der Waals surface area contributed by atoms with Crippen molar-refractivity contribution in [2.24, 2.45) is 5.92 Å². The van der Waals surface area contributed by atoms with Crippen molar-refractivity contribution in [2.45, 2.75) is 65.8 Å². The minimum atomic E-state index is 0.767. The fraction of sp³-hybridized carbons (Fsp3) is 0.684. The molecule has 0 spiro atoms. The number of benzene rings is 1. The lowest BCUT2D eigenvalue weighted by atomic mass is 9.98. The molecule has 0 saturated heterocycles. The summed E-state index contributed by atoms with van der Waals surface area (Å²) in [6.07, 6.45) is 7.79. The zero-order valence-corrected chi connectivity index (χ0v) is 13.9. The Labute approximate surface area is 126 Å². The Bertz CT molecular complexity index is 357. The van der Waals surface area contributed by atoms with Crippen LogP contribution in [-0.4, -0.2) is 18.5 Å². The summed E-state index contributed by atoms with van der Waals surface area (Å²) in [5.41, 5.74) is 2.88. The number of rotatable bonds is 10. The van der Waals surface area contributed by atoms with Crippen LogP contribution < -0.4 is 0 Å². The molecule has 0 heterocycles. The molecular weight excluding hydrogens is 242 g/mol. The molecule has 0 bridgehead atoms. The SMILES string of the molecule is CCCCCCN(C)Cc1ccc[c]c1CCC(C)C. The van der Waals surface area contributed by atoms with Gasteiger partial charge in [-0.25, -0.2) is 0 Å². The van der Waals surface area contributed by atoms with E-state index in [1.165, 1.54) is 49.8 Å². The van der Waals surface area contributed by atoms with Crippen LogP contribution >= 0.6 is 0 Å². The van der Waals surface area contributed by atoms with Crippen LogP contribution in [0.15, 0.2) is 18.2 Å². The summed E-state index contributed by atoms with van der Waals surface area (Å²) in [5.74, 6) is 0.767. The minimum Gasteiger partial charge on any atom is -0.302 e. The van der Waals surface area contributed by atoms with Crippen molar-refractivity contribution in [1.82, 2.24) is 4.90 Å². The molecule has 0 saturated carbocycles. The molecular formula is C19H32N. The van der Waals surface area contributed by atoms with Gasteiger partial charge in [0.15, 0.2) is 0 Å². The Hall–Kier alpha value is -0.820. The molecule has 0 N–H and O–H groups in total. The van der Waals surface area contributed by atoms with Gasteiger partial charge in [0.1, 0.15) is 0 Å². The van der Waals surface area contributed by atoms with E-state index in [0.29, 0.717) is 0 Å². The number of hydrogen-bond donors (Lipinski definition) is 0. The van der Waals surface area contributed by atoms with Crippen molar-refractivity contribution in [3.05, 3.63) is 35.4 Å². The van der Waals surface area contributed by atoms with E-state index in [9.17, 15) is 0 Å². The van der Waals surface area contributed by atoms with Gasteiger partial charge in [0.05, 0.1) is 0 Å². The van der Waals surface area contributed by atoms with E-state index < -0.39 is 0 Å². The standard InChI is InChI=1S/C19H32N/c1-5-6-7-10-15-20(4)16-19-12-9-8-11-18(19)14-13-17(2)3/h8-9,12,17H,5-7,10,13-16H2,1-4H3. The van der Waals surface area contributed by atoms with Crippen LogP contribution in [0.25, 0.3) is 0 Å². The van der Waals surface area contributed by atoms with Crippen molar-refractivity contribution < 1.29 is 0 Å². The lowest BCUT2D eigenvalue weighted by molar-refractivity contribution is 0.316. The van der Waals surface area contributed by atoms with E-state index in [4.69, 9.17) is 0 Å².